The lowest BCUT2D eigenvalue weighted by atomic mass is 9.83. The molecule has 0 fully saturated rings. The quantitative estimate of drug-likeness (QED) is 0.581. The molecule has 86 valence electrons. The average molecular weight is 203 g/mol. The van der Waals surface area contributed by atoms with E-state index in [-0.39, 0.29) is 5.92 Å². The number of rotatable bonds is 7. The topological polar surface area (TPSA) is 52.5 Å². The highest BCUT2D eigenvalue weighted by atomic mass is 16.3. The molecule has 0 saturated carbocycles. The van der Waals surface area contributed by atoms with E-state index >= 15 is 0 Å². The van der Waals surface area contributed by atoms with Crippen LogP contribution < -0.4 is 5.32 Å². The zero-order valence-corrected chi connectivity index (χ0v) is 9.88. The van der Waals surface area contributed by atoms with Gasteiger partial charge in [-0.2, -0.15) is 0 Å². The van der Waals surface area contributed by atoms with Crippen LogP contribution in [-0.4, -0.2) is 35.0 Å². The summed E-state index contributed by atoms with van der Waals surface area (Å²) in [4.78, 5) is 0. The van der Waals surface area contributed by atoms with Crippen LogP contribution in [0.5, 0.6) is 0 Å². The first-order valence-electron chi connectivity index (χ1n) is 5.57. The molecule has 0 aromatic heterocycles. The van der Waals surface area contributed by atoms with Gasteiger partial charge in [-0.3, -0.25) is 0 Å². The Kier molecular flexibility index (Phi) is 6.33. The highest BCUT2D eigenvalue weighted by molar-refractivity contribution is 4.83. The molecule has 0 amide bonds. The molecule has 0 aromatic rings. The molecule has 3 nitrogen and oxygen atoms in total. The van der Waals surface area contributed by atoms with Crippen LogP contribution in [0.4, 0.5) is 0 Å². The van der Waals surface area contributed by atoms with Crippen molar-refractivity contribution < 1.29 is 10.2 Å². The van der Waals surface area contributed by atoms with Gasteiger partial charge in [-0.05, 0) is 18.9 Å². The molecule has 2 atom stereocenters. The Morgan fingerprint density at radius 1 is 1.29 bits per heavy atom. The lowest BCUT2D eigenvalue weighted by Gasteiger charge is -2.33. The van der Waals surface area contributed by atoms with E-state index in [0.29, 0.717) is 19.4 Å². The monoisotopic (exact) mass is 203 g/mol. The number of aliphatic hydroxyl groups excluding tert-OH is 1. The highest BCUT2D eigenvalue weighted by Gasteiger charge is 2.31. The van der Waals surface area contributed by atoms with Crippen molar-refractivity contribution in [1.29, 1.82) is 0 Å². The molecule has 0 aliphatic carbocycles. The van der Waals surface area contributed by atoms with Gasteiger partial charge >= 0.3 is 0 Å². The van der Waals surface area contributed by atoms with Gasteiger partial charge in [0.15, 0.2) is 0 Å². The van der Waals surface area contributed by atoms with Gasteiger partial charge in [0.2, 0.25) is 0 Å². The summed E-state index contributed by atoms with van der Waals surface area (Å²) in [5, 5.41) is 22.9. The van der Waals surface area contributed by atoms with Crippen molar-refractivity contribution in [2.45, 2.75) is 52.2 Å². The summed E-state index contributed by atoms with van der Waals surface area (Å²) in [6.07, 6.45) is 0.685. The van der Waals surface area contributed by atoms with Gasteiger partial charge in [-0.15, -0.1) is 0 Å². The van der Waals surface area contributed by atoms with Crippen molar-refractivity contribution in [2.24, 2.45) is 5.92 Å². The van der Waals surface area contributed by atoms with Crippen molar-refractivity contribution in [2.75, 3.05) is 13.1 Å². The largest absolute Gasteiger partial charge is 0.392 e. The number of hydrogen-bond donors (Lipinski definition) is 3. The fourth-order valence-electron chi connectivity index (χ4n) is 1.58. The number of hydrogen-bond acceptors (Lipinski definition) is 3. The second-order valence-corrected chi connectivity index (χ2v) is 4.28. The molecule has 3 N–H and O–H groups in total. The highest BCUT2D eigenvalue weighted by Crippen LogP contribution is 2.26. The maximum Gasteiger partial charge on any atom is 0.0693 e. The molecular formula is C11H25NO2. The Bertz CT molecular complexity index is 150. The van der Waals surface area contributed by atoms with Crippen LogP contribution in [0, 0.1) is 5.92 Å². The molecule has 0 unspecified atom stereocenters. The van der Waals surface area contributed by atoms with E-state index in [1.54, 1.807) is 0 Å². The van der Waals surface area contributed by atoms with Crippen LogP contribution in [0.25, 0.3) is 0 Å². The zero-order valence-electron chi connectivity index (χ0n) is 9.88. The standard InChI is InChI=1S/C11H25NO2/c1-5-11(14,9(3)4)7-10(13)8-12-6-2/h9-10,12-14H,5-8H2,1-4H3/t10-,11+/m0/s1. The lowest BCUT2D eigenvalue weighted by Crippen LogP contribution is -2.41. The molecule has 0 heterocycles. The molecule has 0 aromatic carbocycles. The van der Waals surface area contributed by atoms with Gasteiger partial charge in [0, 0.05) is 13.0 Å². The van der Waals surface area contributed by atoms with Crippen LogP contribution in [0.3, 0.4) is 0 Å². The predicted molar refractivity (Wildman–Crippen MR) is 59.2 cm³/mol. The Morgan fingerprint density at radius 3 is 2.21 bits per heavy atom. The second kappa shape index (κ2) is 6.38. The minimum atomic E-state index is -0.727. The van der Waals surface area contributed by atoms with E-state index < -0.39 is 11.7 Å². The normalized spacial score (nSPS) is 18.2. The molecule has 0 bridgehead atoms. The van der Waals surface area contributed by atoms with Crippen molar-refractivity contribution in [1.82, 2.24) is 5.32 Å². The maximum absolute atomic E-state index is 10.2. The SMILES string of the molecule is CCNC[C@@H](O)C[C@](O)(CC)C(C)C. The van der Waals surface area contributed by atoms with E-state index in [1.807, 2.05) is 27.7 Å². The summed E-state index contributed by atoms with van der Waals surface area (Å²) in [6.45, 7) is 9.35. The Morgan fingerprint density at radius 2 is 1.86 bits per heavy atom. The third-order valence-electron chi connectivity index (χ3n) is 2.91. The molecule has 14 heavy (non-hydrogen) atoms. The van der Waals surface area contributed by atoms with Crippen molar-refractivity contribution in [3.05, 3.63) is 0 Å². The Labute approximate surface area is 87.5 Å². The molecule has 0 rings (SSSR count). The molecule has 0 saturated heterocycles. The summed E-state index contributed by atoms with van der Waals surface area (Å²) in [5.41, 5.74) is -0.727. The molecule has 0 spiro atoms. The number of nitrogens with one attached hydrogen (secondary N) is 1. The average Bonchev–Trinajstić information content (AvgIpc) is 2.14. The van der Waals surface area contributed by atoms with E-state index in [0.717, 1.165) is 6.54 Å². The van der Waals surface area contributed by atoms with Gasteiger partial charge in [0.25, 0.3) is 0 Å². The van der Waals surface area contributed by atoms with Gasteiger partial charge < -0.3 is 15.5 Å². The lowest BCUT2D eigenvalue weighted by molar-refractivity contribution is -0.0481. The van der Waals surface area contributed by atoms with Gasteiger partial charge in [0.1, 0.15) is 0 Å². The molecule has 0 aliphatic rings. The summed E-state index contributed by atoms with van der Waals surface area (Å²) in [7, 11) is 0. The maximum atomic E-state index is 10.2. The van der Waals surface area contributed by atoms with Crippen LogP contribution >= 0.6 is 0 Å². The zero-order chi connectivity index (χ0) is 11.2. The van der Waals surface area contributed by atoms with Crippen LogP contribution in [-0.2, 0) is 0 Å². The molecule has 0 aliphatic heterocycles. The first-order valence-corrected chi connectivity index (χ1v) is 5.57. The van der Waals surface area contributed by atoms with Crippen LogP contribution in [0.2, 0.25) is 0 Å². The Hall–Kier alpha value is -0.120. The minimum absolute atomic E-state index is 0.184. The van der Waals surface area contributed by atoms with Gasteiger partial charge in [-0.1, -0.05) is 27.7 Å². The number of aliphatic hydroxyl groups is 2. The fraction of sp³-hybridized carbons (Fsp3) is 1.00. The summed E-state index contributed by atoms with van der Waals surface area (Å²) >= 11 is 0. The first kappa shape index (κ1) is 13.9. The minimum Gasteiger partial charge on any atom is -0.392 e. The van der Waals surface area contributed by atoms with Crippen LogP contribution in [0.15, 0.2) is 0 Å². The van der Waals surface area contributed by atoms with Crippen molar-refractivity contribution in [3.8, 4) is 0 Å². The first-order chi connectivity index (χ1) is 6.46. The molecule has 0 radical (unpaired) electrons. The van der Waals surface area contributed by atoms with Crippen molar-refractivity contribution in [3.63, 3.8) is 0 Å². The molecule has 3 heteroatoms. The van der Waals surface area contributed by atoms with E-state index in [4.69, 9.17) is 0 Å². The van der Waals surface area contributed by atoms with E-state index in [1.165, 1.54) is 0 Å². The summed E-state index contributed by atoms with van der Waals surface area (Å²) in [5.74, 6) is 0.184. The van der Waals surface area contributed by atoms with Crippen molar-refractivity contribution >= 4 is 0 Å². The summed E-state index contributed by atoms with van der Waals surface area (Å²) in [6, 6.07) is 0. The van der Waals surface area contributed by atoms with Gasteiger partial charge in [0.05, 0.1) is 11.7 Å². The third kappa shape index (κ3) is 4.40. The third-order valence-corrected chi connectivity index (χ3v) is 2.91. The predicted octanol–water partition coefficient (Wildman–Crippen LogP) is 1.14. The number of likely N-dealkylation sites (N-methyl/N-ethyl adjacent to an activating group) is 1. The van der Waals surface area contributed by atoms with Crippen LogP contribution in [0.1, 0.15) is 40.5 Å². The smallest absolute Gasteiger partial charge is 0.0693 e. The second-order valence-electron chi connectivity index (χ2n) is 4.28. The van der Waals surface area contributed by atoms with E-state index in [9.17, 15) is 10.2 Å². The molecular weight excluding hydrogens is 178 g/mol. The van der Waals surface area contributed by atoms with E-state index in [2.05, 4.69) is 5.32 Å². The summed E-state index contributed by atoms with van der Waals surface area (Å²) < 4.78 is 0. The Balaban J connectivity index is 4.03. The van der Waals surface area contributed by atoms with Gasteiger partial charge in [-0.25, -0.2) is 0 Å². The fourth-order valence-corrected chi connectivity index (χ4v) is 1.58.